The van der Waals surface area contributed by atoms with Crippen LogP contribution in [0.25, 0.3) is 95.0 Å². The van der Waals surface area contributed by atoms with Crippen molar-refractivity contribution >= 4 is 21.8 Å². The highest BCUT2D eigenvalue weighted by Crippen LogP contribution is 2.40. The molecule has 0 bridgehead atoms. The van der Waals surface area contributed by atoms with E-state index in [1.165, 1.54) is 16.7 Å². The molecule has 2 heterocycles. The second-order valence-electron chi connectivity index (χ2n) is 13.7. The van der Waals surface area contributed by atoms with Crippen molar-refractivity contribution in [2.75, 3.05) is 0 Å². The van der Waals surface area contributed by atoms with E-state index < -0.39 is 0 Å². The van der Waals surface area contributed by atoms with Gasteiger partial charge in [-0.15, -0.1) is 0 Å². The second-order valence-corrected chi connectivity index (χ2v) is 13.7. The fourth-order valence-corrected chi connectivity index (χ4v) is 7.59. The molecule has 0 N–H and O–H groups in total. The molecule has 55 heavy (non-hydrogen) atoms. The van der Waals surface area contributed by atoms with Crippen molar-refractivity contribution in [3.63, 3.8) is 0 Å². The van der Waals surface area contributed by atoms with Gasteiger partial charge in [0.15, 0.2) is 11.6 Å². The Kier molecular flexibility index (Phi) is 8.12. The summed E-state index contributed by atoms with van der Waals surface area (Å²) < 4.78 is 2.23. The molecule has 0 spiro atoms. The molecule has 10 rings (SSSR count). The van der Waals surface area contributed by atoms with Gasteiger partial charge in [0.1, 0.15) is 0 Å². The molecule has 0 aliphatic carbocycles. The molecule has 0 radical (unpaired) electrons. The lowest BCUT2D eigenvalue weighted by Gasteiger charge is -2.15. The van der Waals surface area contributed by atoms with Crippen LogP contribution in [0.15, 0.2) is 206 Å². The van der Waals surface area contributed by atoms with E-state index in [0.717, 1.165) is 60.8 Å². The van der Waals surface area contributed by atoms with Gasteiger partial charge >= 0.3 is 0 Å². The third-order valence-electron chi connectivity index (χ3n) is 10.3. The number of aromatic nitrogens is 4. The Balaban J connectivity index is 1.23. The van der Waals surface area contributed by atoms with Gasteiger partial charge < -0.3 is 0 Å². The standard InChI is InChI=1S/C51H34N4/c1-5-16-35(17-6-1)38-28-30-40(31-29-38)50-52-49(39-22-11-4-12-23-39)53-51(54-50)55-47-27-14-13-24-45(47)46-26-15-25-44(48(46)55)43-33-41(36-18-7-2-8-19-36)32-42(34-43)37-20-9-3-10-21-37/h1-34H. The molecule has 0 aliphatic rings. The van der Waals surface area contributed by atoms with Crippen molar-refractivity contribution in [2.45, 2.75) is 0 Å². The van der Waals surface area contributed by atoms with Crippen LogP contribution < -0.4 is 0 Å². The average molecular weight is 703 g/mol. The molecule has 0 amide bonds. The number of rotatable bonds is 7. The van der Waals surface area contributed by atoms with Gasteiger partial charge in [-0.3, -0.25) is 4.57 Å². The summed E-state index contributed by atoms with van der Waals surface area (Å²) in [5.74, 6) is 1.80. The smallest absolute Gasteiger partial charge is 0.238 e. The van der Waals surface area contributed by atoms with Crippen LogP contribution >= 0.6 is 0 Å². The summed E-state index contributed by atoms with van der Waals surface area (Å²) in [5, 5.41) is 2.27. The van der Waals surface area contributed by atoms with Gasteiger partial charge in [0.2, 0.25) is 5.95 Å². The van der Waals surface area contributed by atoms with E-state index in [4.69, 9.17) is 15.0 Å². The van der Waals surface area contributed by atoms with Crippen molar-refractivity contribution in [2.24, 2.45) is 0 Å². The molecular weight excluding hydrogens is 669 g/mol. The summed E-state index contributed by atoms with van der Waals surface area (Å²) in [6, 6.07) is 72.3. The van der Waals surface area contributed by atoms with Gasteiger partial charge in [-0.2, -0.15) is 9.97 Å². The van der Waals surface area contributed by atoms with Crippen LogP contribution in [0.5, 0.6) is 0 Å². The zero-order chi connectivity index (χ0) is 36.6. The van der Waals surface area contributed by atoms with Crippen LogP contribution in [-0.2, 0) is 0 Å². The number of fused-ring (bicyclic) bond motifs is 3. The molecule has 0 saturated heterocycles. The van der Waals surface area contributed by atoms with Crippen molar-refractivity contribution in [1.29, 1.82) is 0 Å². The molecule has 258 valence electrons. The number of nitrogens with zero attached hydrogens (tertiary/aromatic N) is 4. The van der Waals surface area contributed by atoms with E-state index in [9.17, 15) is 0 Å². The zero-order valence-electron chi connectivity index (χ0n) is 29.9. The molecular formula is C51H34N4. The van der Waals surface area contributed by atoms with Gasteiger partial charge in [0.05, 0.1) is 11.0 Å². The Morgan fingerprint density at radius 3 is 1.29 bits per heavy atom. The van der Waals surface area contributed by atoms with E-state index in [1.807, 2.05) is 24.3 Å². The summed E-state index contributed by atoms with van der Waals surface area (Å²) in [7, 11) is 0. The number of hydrogen-bond acceptors (Lipinski definition) is 3. The molecule has 4 heteroatoms. The number of benzene rings is 8. The van der Waals surface area contributed by atoms with E-state index in [0.29, 0.717) is 17.6 Å². The van der Waals surface area contributed by atoms with Crippen molar-refractivity contribution < 1.29 is 0 Å². The number of hydrogen-bond donors (Lipinski definition) is 0. The Labute approximate surface area is 319 Å². The van der Waals surface area contributed by atoms with Gasteiger partial charge in [0.25, 0.3) is 0 Å². The van der Waals surface area contributed by atoms with Crippen LogP contribution in [0, 0.1) is 0 Å². The highest BCUT2D eigenvalue weighted by Gasteiger charge is 2.21. The largest absolute Gasteiger partial charge is 0.277 e. The minimum atomic E-state index is 0.567. The third kappa shape index (κ3) is 6.06. The van der Waals surface area contributed by atoms with Gasteiger partial charge in [-0.25, -0.2) is 4.98 Å². The number of para-hydroxylation sites is 2. The van der Waals surface area contributed by atoms with Gasteiger partial charge in [0, 0.05) is 27.5 Å². The monoisotopic (exact) mass is 702 g/mol. The minimum Gasteiger partial charge on any atom is -0.277 e. The average Bonchev–Trinajstić information content (AvgIpc) is 3.62. The Hall–Kier alpha value is -7.43. The normalized spacial score (nSPS) is 11.3. The van der Waals surface area contributed by atoms with E-state index in [1.54, 1.807) is 0 Å². The molecule has 0 saturated carbocycles. The first-order valence-electron chi connectivity index (χ1n) is 18.5. The third-order valence-corrected chi connectivity index (χ3v) is 10.3. The Morgan fingerprint density at radius 1 is 0.291 bits per heavy atom. The summed E-state index contributed by atoms with van der Waals surface area (Å²) in [6.45, 7) is 0. The summed E-state index contributed by atoms with van der Waals surface area (Å²) in [5.41, 5.74) is 13.1. The highest BCUT2D eigenvalue weighted by atomic mass is 15.2. The first-order chi connectivity index (χ1) is 27.3. The van der Waals surface area contributed by atoms with E-state index in [2.05, 4.69) is 187 Å². The van der Waals surface area contributed by atoms with Gasteiger partial charge in [-0.1, -0.05) is 182 Å². The van der Waals surface area contributed by atoms with Crippen molar-refractivity contribution in [3.8, 4) is 73.2 Å². The minimum absolute atomic E-state index is 0.567. The quantitative estimate of drug-likeness (QED) is 0.166. The fourth-order valence-electron chi connectivity index (χ4n) is 7.59. The highest BCUT2D eigenvalue weighted by molar-refractivity contribution is 6.13. The lowest BCUT2D eigenvalue weighted by molar-refractivity contribution is 0.954. The molecule has 0 unspecified atom stereocenters. The van der Waals surface area contributed by atoms with Crippen LogP contribution in [0.2, 0.25) is 0 Å². The molecule has 0 fully saturated rings. The van der Waals surface area contributed by atoms with Gasteiger partial charge in [-0.05, 0) is 63.2 Å². The lowest BCUT2D eigenvalue weighted by atomic mass is 9.92. The summed E-state index contributed by atoms with van der Waals surface area (Å²) in [4.78, 5) is 15.6. The second kappa shape index (κ2) is 13.8. The Morgan fingerprint density at radius 2 is 0.709 bits per heavy atom. The van der Waals surface area contributed by atoms with Crippen LogP contribution in [0.4, 0.5) is 0 Å². The Bertz CT molecular complexity index is 2880. The SMILES string of the molecule is c1ccc(-c2ccc(-c3nc(-c4ccccc4)nc(-n4c5ccccc5c5cccc(-c6cc(-c7ccccc7)cc(-c7ccccc7)c6)c54)n3)cc2)cc1. The van der Waals surface area contributed by atoms with Crippen molar-refractivity contribution in [1.82, 2.24) is 19.5 Å². The summed E-state index contributed by atoms with van der Waals surface area (Å²) >= 11 is 0. The maximum atomic E-state index is 5.28. The van der Waals surface area contributed by atoms with E-state index >= 15 is 0 Å². The van der Waals surface area contributed by atoms with E-state index in [-0.39, 0.29) is 0 Å². The maximum absolute atomic E-state index is 5.28. The first-order valence-corrected chi connectivity index (χ1v) is 18.5. The lowest BCUT2D eigenvalue weighted by Crippen LogP contribution is -2.07. The summed E-state index contributed by atoms with van der Waals surface area (Å²) in [6.07, 6.45) is 0. The topological polar surface area (TPSA) is 43.6 Å². The predicted molar refractivity (Wildman–Crippen MR) is 227 cm³/mol. The molecule has 10 aromatic rings. The molecule has 8 aromatic carbocycles. The molecule has 0 aliphatic heterocycles. The predicted octanol–water partition coefficient (Wildman–Crippen LogP) is 13.0. The van der Waals surface area contributed by atoms with Crippen LogP contribution in [0.1, 0.15) is 0 Å². The fraction of sp³-hybridized carbons (Fsp3) is 0. The zero-order valence-corrected chi connectivity index (χ0v) is 29.9. The van der Waals surface area contributed by atoms with Crippen molar-refractivity contribution in [3.05, 3.63) is 206 Å². The van der Waals surface area contributed by atoms with Crippen LogP contribution in [-0.4, -0.2) is 19.5 Å². The molecule has 2 aromatic heterocycles. The molecule has 4 nitrogen and oxygen atoms in total. The maximum Gasteiger partial charge on any atom is 0.238 e. The molecule has 0 atom stereocenters. The first kappa shape index (κ1) is 32.2. The van der Waals surface area contributed by atoms with Crippen LogP contribution in [0.3, 0.4) is 0 Å².